The highest BCUT2D eigenvalue weighted by atomic mass is 35.5. The average Bonchev–Trinajstić information content (AvgIpc) is 2.45. The topological polar surface area (TPSA) is 57.4 Å². The van der Waals surface area contributed by atoms with Crippen LogP contribution < -0.4 is 15.2 Å². The first-order chi connectivity index (χ1) is 10.1. The minimum absolute atomic E-state index is 0.413. The smallest absolute Gasteiger partial charge is 0.139 e. The van der Waals surface area contributed by atoms with Crippen molar-refractivity contribution >= 4 is 28.8 Å². The van der Waals surface area contributed by atoms with Crippen LogP contribution in [0.3, 0.4) is 0 Å². The number of pyridine rings is 1. The van der Waals surface area contributed by atoms with Crippen molar-refractivity contribution in [2.45, 2.75) is 6.42 Å². The summed E-state index contributed by atoms with van der Waals surface area (Å²) in [5.74, 6) is 1.40. The largest absolute Gasteiger partial charge is 0.490 e. The molecule has 1 heterocycles. The summed E-state index contributed by atoms with van der Waals surface area (Å²) in [5.41, 5.74) is 6.56. The van der Waals surface area contributed by atoms with E-state index in [1.165, 1.54) is 0 Å². The molecule has 2 rings (SSSR count). The van der Waals surface area contributed by atoms with Crippen LogP contribution in [0.1, 0.15) is 5.56 Å². The van der Waals surface area contributed by atoms with Crippen LogP contribution in [0.4, 0.5) is 0 Å². The minimum atomic E-state index is 0.413. The highest BCUT2D eigenvalue weighted by Gasteiger charge is 1.99. The Hall–Kier alpha value is -1.85. The molecule has 0 aliphatic carbocycles. The van der Waals surface area contributed by atoms with Crippen LogP contribution in [-0.2, 0) is 6.42 Å². The number of aromatic nitrogens is 1. The van der Waals surface area contributed by atoms with E-state index >= 15 is 0 Å². The standard InChI is InChI=1S/C15H15ClN2O2S/c16-12-8-14(10-18-9-12)20-6-5-19-13-3-1-11(2-4-13)7-15(17)21/h1-4,8-10H,5-7H2,(H2,17,21). The molecule has 110 valence electrons. The number of benzene rings is 1. The van der Waals surface area contributed by atoms with Crippen molar-refractivity contribution in [1.82, 2.24) is 4.98 Å². The highest BCUT2D eigenvalue weighted by molar-refractivity contribution is 7.80. The summed E-state index contributed by atoms with van der Waals surface area (Å²) in [6, 6.07) is 9.36. The summed E-state index contributed by atoms with van der Waals surface area (Å²) < 4.78 is 11.1. The normalized spacial score (nSPS) is 10.1. The number of halogens is 1. The molecule has 1 aromatic heterocycles. The maximum Gasteiger partial charge on any atom is 0.139 e. The quantitative estimate of drug-likeness (QED) is 0.627. The van der Waals surface area contributed by atoms with Gasteiger partial charge in [0, 0.05) is 18.7 Å². The molecule has 2 N–H and O–H groups in total. The molecule has 0 saturated carbocycles. The first kappa shape index (κ1) is 15.5. The Morgan fingerprint density at radius 3 is 2.38 bits per heavy atom. The fourth-order valence-electron chi connectivity index (χ4n) is 1.70. The first-order valence-corrected chi connectivity index (χ1v) is 7.15. The summed E-state index contributed by atoms with van der Waals surface area (Å²) >= 11 is 10.7. The van der Waals surface area contributed by atoms with Crippen LogP contribution in [0.25, 0.3) is 0 Å². The van der Waals surface area contributed by atoms with Crippen LogP contribution in [0.15, 0.2) is 42.7 Å². The van der Waals surface area contributed by atoms with Gasteiger partial charge in [-0.15, -0.1) is 0 Å². The van der Waals surface area contributed by atoms with Crippen molar-refractivity contribution in [2.24, 2.45) is 5.73 Å². The summed E-state index contributed by atoms with van der Waals surface area (Å²) in [7, 11) is 0. The fourth-order valence-corrected chi connectivity index (χ4v) is 2.03. The summed E-state index contributed by atoms with van der Waals surface area (Å²) in [6.45, 7) is 0.845. The van der Waals surface area contributed by atoms with Crippen molar-refractivity contribution in [3.8, 4) is 11.5 Å². The SMILES string of the molecule is NC(=S)Cc1ccc(OCCOc2cncc(Cl)c2)cc1. The Kier molecular flexibility index (Phi) is 5.78. The van der Waals surface area contributed by atoms with Gasteiger partial charge in [-0.1, -0.05) is 36.0 Å². The van der Waals surface area contributed by atoms with E-state index in [9.17, 15) is 0 Å². The van der Waals surface area contributed by atoms with E-state index in [2.05, 4.69) is 4.98 Å². The molecule has 2 aromatic rings. The zero-order valence-corrected chi connectivity index (χ0v) is 12.9. The molecule has 0 unspecified atom stereocenters. The molecule has 6 heteroatoms. The molecule has 4 nitrogen and oxygen atoms in total. The molecule has 0 aliphatic rings. The Bertz CT molecular complexity index is 605. The van der Waals surface area contributed by atoms with Crippen LogP contribution in [0, 0.1) is 0 Å². The zero-order chi connectivity index (χ0) is 15.1. The molecule has 0 aliphatic heterocycles. The van der Waals surface area contributed by atoms with Gasteiger partial charge in [0.2, 0.25) is 0 Å². The molecular weight excluding hydrogens is 308 g/mol. The molecular formula is C15H15ClN2O2S. The molecule has 0 amide bonds. The van der Waals surface area contributed by atoms with Gasteiger partial charge in [0.05, 0.1) is 16.2 Å². The molecule has 0 fully saturated rings. The highest BCUT2D eigenvalue weighted by Crippen LogP contribution is 2.15. The lowest BCUT2D eigenvalue weighted by atomic mass is 10.1. The lowest BCUT2D eigenvalue weighted by Crippen LogP contribution is -2.11. The Morgan fingerprint density at radius 2 is 1.76 bits per heavy atom. The predicted octanol–water partition coefficient (Wildman–Crippen LogP) is 3.02. The van der Waals surface area contributed by atoms with E-state index in [4.69, 9.17) is 39.0 Å². The van der Waals surface area contributed by atoms with Gasteiger partial charge in [-0.2, -0.15) is 0 Å². The van der Waals surface area contributed by atoms with E-state index in [-0.39, 0.29) is 0 Å². The van der Waals surface area contributed by atoms with E-state index in [0.717, 1.165) is 11.3 Å². The summed E-state index contributed by atoms with van der Waals surface area (Å²) in [5, 5.41) is 0.543. The predicted molar refractivity (Wildman–Crippen MR) is 87.2 cm³/mol. The monoisotopic (exact) mass is 322 g/mol. The van der Waals surface area contributed by atoms with E-state index in [1.807, 2.05) is 24.3 Å². The van der Waals surface area contributed by atoms with Gasteiger partial charge in [0.15, 0.2) is 0 Å². The van der Waals surface area contributed by atoms with Crippen LogP contribution >= 0.6 is 23.8 Å². The number of thiocarbonyl (C=S) groups is 1. The second-order valence-electron chi connectivity index (χ2n) is 4.32. The number of rotatable bonds is 7. The Balaban J connectivity index is 1.74. The first-order valence-electron chi connectivity index (χ1n) is 6.37. The molecule has 0 spiro atoms. The maximum atomic E-state index is 5.81. The van der Waals surface area contributed by atoms with Crippen molar-refractivity contribution in [1.29, 1.82) is 0 Å². The third-order valence-corrected chi connectivity index (χ3v) is 2.95. The zero-order valence-electron chi connectivity index (χ0n) is 11.3. The fraction of sp³-hybridized carbons (Fsp3) is 0.200. The minimum Gasteiger partial charge on any atom is -0.490 e. The molecule has 21 heavy (non-hydrogen) atoms. The van der Waals surface area contributed by atoms with Crippen LogP contribution in [-0.4, -0.2) is 23.2 Å². The van der Waals surface area contributed by atoms with E-state index in [1.54, 1.807) is 18.5 Å². The van der Waals surface area contributed by atoms with E-state index < -0.39 is 0 Å². The van der Waals surface area contributed by atoms with Crippen LogP contribution in [0.2, 0.25) is 5.02 Å². The van der Waals surface area contributed by atoms with Gasteiger partial charge in [-0.3, -0.25) is 4.98 Å². The molecule has 0 radical (unpaired) electrons. The average molecular weight is 323 g/mol. The molecule has 0 atom stereocenters. The third-order valence-electron chi connectivity index (χ3n) is 2.60. The van der Waals surface area contributed by atoms with Gasteiger partial charge in [0.1, 0.15) is 24.7 Å². The van der Waals surface area contributed by atoms with Gasteiger partial charge in [0.25, 0.3) is 0 Å². The number of hydrogen-bond donors (Lipinski definition) is 1. The van der Waals surface area contributed by atoms with Gasteiger partial charge < -0.3 is 15.2 Å². The number of nitrogens with zero attached hydrogens (tertiary/aromatic N) is 1. The second-order valence-corrected chi connectivity index (χ2v) is 5.28. The summed E-state index contributed by atoms with van der Waals surface area (Å²) in [4.78, 5) is 4.41. The van der Waals surface area contributed by atoms with Crippen molar-refractivity contribution < 1.29 is 9.47 Å². The van der Waals surface area contributed by atoms with E-state index in [0.29, 0.717) is 35.4 Å². The number of nitrogens with two attached hydrogens (primary N) is 1. The van der Waals surface area contributed by atoms with Crippen LogP contribution in [0.5, 0.6) is 11.5 Å². The van der Waals surface area contributed by atoms with Gasteiger partial charge in [-0.05, 0) is 17.7 Å². The van der Waals surface area contributed by atoms with Gasteiger partial charge in [-0.25, -0.2) is 0 Å². The molecule has 1 aromatic carbocycles. The lowest BCUT2D eigenvalue weighted by Gasteiger charge is -2.09. The van der Waals surface area contributed by atoms with Crippen molar-refractivity contribution in [3.63, 3.8) is 0 Å². The molecule has 0 bridgehead atoms. The lowest BCUT2D eigenvalue weighted by molar-refractivity contribution is 0.216. The van der Waals surface area contributed by atoms with Crippen molar-refractivity contribution in [3.05, 3.63) is 53.3 Å². The third kappa shape index (κ3) is 5.57. The number of ether oxygens (including phenoxy) is 2. The summed E-state index contributed by atoms with van der Waals surface area (Å²) in [6.07, 6.45) is 3.76. The Morgan fingerprint density at radius 1 is 1.10 bits per heavy atom. The second kappa shape index (κ2) is 7.81. The molecule has 0 saturated heterocycles. The van der Waals surface area contributed by atoms with Gasteiger partial charge >= 0.3 is 0 Å². The Labute approximate surface area is 133 Å². The maximum absolute atomic E-state index is 5.81. The van der Waals surface area contributed by atoms with Crippen molar-refractivity contribution in [2.75, 3.05) is 13.2 Å². The number of hydrogen-bond acceptors (Lipinski definition) is 4.